The zero-order chi connectivity index (χ0) is 10.7. The van der Waals surface area contributed by atoms with Crippen molar-refractivity contribution in [3.63, 3.8) is 0 Å². The fourth-order valence-corrected chi connectivity index (χ4v) is 1.22. The topological polar surface area (TPSA) is 115 Å². The number of nitrogens with zero attached hydrogens (tertiary/aromatic N) is 1. The van der Waals surface area contributed by atoms with E-state index in [9.17, 15) is 10.1 Å². The lowest BCUT2D eigenvalue weighted by Crippen LogP contribution is -2.05. The summed E-state index contributed by atoms with van der Waals surface area (Å²) >= 11 is 0. The Morgan fingerprint density at radius 3 is 2.57 bits per heavy atom. The van der Waals surface area contributed by atoms with Gasteiger partial charge in [-0.2, -0.15) is 0 Å². The molecule has 0 spiro atoms. The third kappa shape index (κ3) is 1.74. The van der Waals surface area contributed by atoms with Crippen LogP contribution in [0.4, 0.5) is 17.1 Å². The second-order valence-electron chi connectivity index (χ2n) is 2.80. The molecule has 0 amide bonds. The standard InChI is InChI=1S/C8H11N3O3/c9-6-1-2-7(11(13)14)5(3-4-12)8(6)10/h1-2,12H,3-4,9-10H2. The molecule has 0 aliphatic carbocycles. The number of benzene rings is 1. The zero-order valence-corrected chi connectivity index (χ0v) is 7.43. The van der Waals surface area contributed by atoms with Crippen LogP contribution < -0.4 is 11.5 Å². The molecule has 0 unspecified atom stereocenters. The van der Waals surface area contributed by atoms with Gasteiger partial charge in [-0.05, 0) is 6.07 Å². The molecule has 0 atom stereocenters. The summed E-state index contributed by atoms with van der Waals surface area (Å²) in [5.41, 5.74) is 11.7. The van der Waals surface area contributed by atoms with Crippen molar-refractivity contribution in [2.45, 2.75) is 6.42 Å². The fraction of sp³-hybridized carbons (Fsp3) is 0.250. The summed E-state index contributed by atoms with van der Waals surface area (Å²) in [7, 11) is 0. The Morgan fingerprint density at radius 1 is 1.43 bits per heavy atom. The number of hydrogen-bond donors (Lipinski definition) is 3. The second kappa shape index (κ2) is 3.93. The monoisotopic (exact) mass is 197 g/mol. The highest BCUT2D eigenvalue weighted by Crippen LogP contribution is 2.29. The van der Waals surface area contributed by atoms with E-state index in [1.807, 2.05) is 0 Å². The van der Waals surface area contributed by atoms with Crippen LogP contribution in [0.3, 0.4) is 0 Å². The molecule has 0 aliphatic heterocycles. The van der Waals surface area contributed by atoms with Crippen LogP contribution in [-0.4, -0.2) is 16.6 Å². The molecule has 76 valence electrons. The first-order valence-electron chi connectivity index (χ1n) is 4.00. The van der Waals surface area contributed by atoms with Crippen LogP contribution in [0.15, 0.2) is 12.1 Å². The lowest BCUT2D eigenvalue weighted by atomic mass is 10.1. The summed E-state index contributed by atoms with van der Waals surface area (Å²) in [4.78, 5) is 10.0. The number of nitrogens with two attached hydrogens (primary N) is 2. The highest BCUT2D eigenvalue weighted by Gasteiger charge is 2.17. The summed E-state index contributed by atoms with van der Waals surface area (Å²) < 4.78 is 0. The second-order valence-corrected chi connectivity index (χ2v) is 2.80. The van der Waals surface area contributed by atoms with Gasteiger partial charge in [-0.1, -0.05) is 0 Å². The predicted molar refractivity (Wildman–Crippen MR) is 52.7 cm³/mol. The van der Waals surface area contributed by atoms with Crippen LogP contribution in [0.2, 0.25) is 0 Å². The van der Waals surface area contributed by atoms with Crippen molar-refractivity contribution < 1.29 is 10.0 Å². The van der Waals surface area contributed by atoms with Crippen molar-refractivity contribution in [3.8, 4) is 0 Å². The molecule has 0 saturated heterocycles. The largest absolute Gasteiger partial charge is 0.397 e. The number of hydrogen-bond acceptors (Lipinski definition) is 5. The third-order valence-electron chi connectivity index (χ3n) is 1.92. The van der Waals surface area contributed by atoms with E-state index in [-0.39, 0.29) is 30.0 Å². The van der Waals surface area contributed by atoms with Gasteiger partial charge in [0.15, 0.2) is 0 Å². The Morgan fingerprint density at radius 2 is 2.07 bits per heavy atom. The van der Waals surface area contributed by atoms with Gasteiger partial charge in [0.2, 0.25) is 0 Å². The van der Waals surface area contributed by atoms with Crippen LogP contribution >= 0.6 is 0 Å². The molecule has 6 heteroatoms. The molecule has 1 rings (SSSR count). The summed E-state index contributed by atoms with van der Waals surface area (Å²) in [6.07, 6.45) is 0.132. The van der Waals surface area contributed by atoms with Crippen LogP contribution in [0.5, 0.6) is 0 Å². The molecule has 0 bridgehead atoms. The van der Waals surface area contributed by atoms with Gasteiger partial charge in [-0.15, -0.1) is 0 Å². The molecule has 0 aromatic heterocycles. The van der Waals surface area contributed by atoms with Crippen LogP contribution in [0.25, 0.3) is 0 Å². The molecule has 5 N–H and O–H groups in total. The number of aliphatic hydroxyl groups excluding tert-OH is 1. The average molecular weight is 197 g/mol. The van der Waals surface area contributed by atoms with E-state index in [1.54, 1.807) is 0 Å². The number of nitro benzene ring substituents is 1. The molecule has 0 saturated carbocycles. The molecular formula is C8H11N3O3. The lowest BCUT2D eigenvalue weighted by Gasteiger charge is -2.07. The minimum atomic E-state index is -0.541. The van der Waals surface area contributed by atoms with Crippen molar-refractivity contribution >= 4 is 17.1 Å². The van der Waals surface area contributed by atoms with Gasteiger partial charge in [-0.25, -0.2) is 0 Å². The molecule has 0 fully saturated rings. The zero-order valence-electron chi connectivity index (χ0n) is 7.43. The van der Waals surface area contributed by atoms with Crippen molar-refractivity contribution in [1.82, 2.24) is 0 Å². The summed E-state index contributed by atoms with van der Waals surface area (Å²) in [6, 6.07) is 2.67. The molecule has 0 radical (unpaired) electrons. The lowest BCUT2D eigenvalue weighted by molar-refractivity contribution is -0.385. The van der Waals surface area contributed by atoms with E-state index in [2.05, 4.69) is 0 Å². The molecular weight excluding hydrogens is 186 g/mol. The Balaban J connectivity index is 3.29. The Hall–Kier alpha value is -1.82. The van der Waals surface area contributed by atoms with Crippen molar-refractivity contribution in [2.75, 3.05) is 18.1 Å². The molecule has 14 heavy (non-hydrogen) atoms. The fourth-order valence-electron chi connectivity index (χ4n) is 1.22. The van der Waals surface area contributed by atoms with E-state index in [1.165, 1.54) is 12.1 Å². The van der Waals surface area contributed by atoms with Crippen LogP contribution in [0.1, 0.15) is 5.56 Å². The van der Waals surface area contributed by atoms with Crippen molar-refractivity contribution in [3.05, 3.63) is 27.8 Å². The van der Waals surface area contributed by atoms with E-state index in [4.69, 9.17) is 16.6 Å². The number of nitrogen functional groups attached to an aromatic ring is 2. The van der Waals surface area contributed by atoms with Gasteiger partial charge in [0.05, 0.1) is 21.9 Å². The third-order valence-corrected chi connectivity index (χ3v) is 1.92. The van der Waals surface area contributed by atoms with Gasteiger partial charge in [0.25, 0.3) is 5.69 Å². The number of aliphatic hydroxyl groups is 1. The van der Waals surface area contributed by atoms with Gasteiger partial charge in [0.1, 0.15) is 0 Å². The molecule has 1 aromatic carbocycles. The minimum Gasteiger partial charge on any atom is -0.397 e. The van der Waals surface area contributed by atoms with Crippen LogP contribution in [-0.2, 0) is 6.42 Å². The van der Waals surface area contributed by atoms with Crippen LogP contribution in [0, 0.1) is 10.1 Å². The molecule has 0 aliphatic rings. The normalized spacial score (nSPS) is 10.1. The first-order chi connectivity index (χ1) is 6.57. The average Bonchev–Trinajstić information content (AvgIpc) is 2.13. The maximum Gasteiger partial charge on any atom is 0.274 e. The molecule has 0 heterocycles. The van der Waals surface area contributed by atoms with Gasteiger partial charge in [-0.3, -0.25) is 10.1 Å². The summed E-state index contributed by atoms with van der Waals surface area (Å²) in [5.74, 6) is 0. The van der Waals surface area contributed by atoms with E-state index in [0.29, 0.717) is 5.69 Å². The first kappa shape index (κ1) is 10.3. The number of rotatable bonds is 3. The molecule has 6 nitrogen and oxygen atoms in total. The molecule has 1 aromatic rings. The van der Waals surface area contributed by atoms with Crippen molar-refractivity contribution in [1.29, 1.82) is 0 Å². The predicted octanol–water partition coefficient (Wildman–Crippen LogP) is 0.294. The highest BCUT2D eigenvalue weighted by molar-refractivity contribution is 5.72. The highest BCUT2D eigenvalue weighted by atomic mass is 16.6. The Bertz CT molecular complexity index is 365. The maximum absolute atomic E-state index is 10.6. The number of anilines is 2. The van der Waals surface area contributed by atoms with E-state index in [0.717, 1.165) is 0 Å². The Kier molecular flexibility index (Phi) is 2.88. The maximum atomic E-state index is 10.6. The van der Waals surface area contributed by atoms with Crippen molar-refractivity contribution in [2.24, 2.45) is 0 Å². The summed E-state index contributed by atoms with van der Waals surface area (Å²) in [5, 5.41) is 19.3. The van der Waals surface area contributed by atoms with Gasteiger partial charge < -0.3 is 16.6 Å². The Labute approximate surface area is 80.3 Å². The summed E-state index contributed by atoms with van der Waals surface area (Å²) in [6.45, 7) is -0.200. The van der Waals surface area contributed by atoms with E-state index >= 15 is 0 Å². The van der Waals surface area contributed by atoms with Gasteiger partial charge >= 0.3 is 0 Å². The minimum absolute atomic E-state index is 0.106. The SMILES string of the molecule is Nc1ccc([N+](=O)[O-])c(CCO)c1N. The van der Waals surface area contributed by atoms with E-state index < -0.39 is 4.92 Å². The quantitative estimate of drug-likeness (QED) is 0.366. The smallest absolute Gasteiger partial charge is 0.274 e. The first-order valence-corrected chi connectivity index (χ1v) is 4.00. The van der Waals surface area contributed by atoms with Gasteiger partial charge in [0, 0.05) is 19.1 Å². The number of nitro groups is 1.